The van der Waals surface area contributed by atoms with Gasteiger partial charge in [0.1, 0.15) is 30.0 Å². The summed E-state index contributed by atoms with van der Waals surface area (Å²) >= 11 is 12.2. The van der Waals surface area contributed by atoms with E-state index in [0.29, 0.717) is 46.9 Å². The summed E-state index contributed by atoms with van der Waals surface area (Å²) < 4.78 is 16.3. The number of pyridine rings is 1. The lowest BCUT2D eigenvalue weighted by atomic mass is 10.0. The summed E-state index contributed by atoms with van der Waals surface area (Å²) in [7, 11) is 0. The van der Waals surface area contributed by atoms with E-state index in [1.54, 1.807) is 48.9 Å². The van der Waals surface area contributed by atoms with Crippen LogP contribution in [0.1, 0.15) is 41.4 Å². The first kappa shape index (κ1) is 29.0. The number of hydrogen-bond donors (Lipinski definition) is 1. The van der Waals surface area contributed by atoms with Gasteiger partial charge in [-0.15, -0.1) is 0 Å². The molecule has 12 heteroatoms. The molecule has 0 aliphatic carbocycles. The van der Waals surface area contributed by atoms with Crippen molar-refractivity contribution in [3.63, 3.8) is 0 Å². The lowest BCUT2D eigenvalue weighted by Crippen LogP contribution is -2.60. The van der Waals surface area contributed by atoms with Gasteiger partial charge in [-0.3, -0.25) is 9.88 Å². The van der Waals surface area contributed by atoms with Gasteiger partial charge in [-0.05, 0) is 56.3 Å². The van der Waals surface area contributed by atoms with Gasteiger partial charge in [0.05, 0.1) is 52.4 Å². The minimum absolute atomic E-state index is 0.0140. The van der Waals surface area contributed by atoms with Crippen molar-refractivity contribution in [2.24, 2.45) is 0 Å². The Morgan fingerprint density at radius 2 is 1.98 bits per heavy atom. The van der Waals surface area contributed by atoms with Crippen molar-refractivity contribution in [3.8, 4) is 11.5 Å². The smallest absolute Gasteiger partial charge is 0.335 e. The molecule has 4 heterocycles. The van der Waals surface area contributed by atoms with Crippen LogP contribution in [0.3, 0.4) is 0 Å². The van der Waals surface area contributed by atoms with Gasteiger partial charge in [-0.25, -0.2) is 14.8 Å². The number of benzene rings is 2. The van der Waals surface area contributed by atoms with Gasteiger partial charge in [0.2, 0.25) is 0 Å². The fourth-order valence-electron chi connectivity index (χ4n) is 5.23. The van der Waals surface area contributed by atoms with Crippen LogP contribution in [-0.4, -0.2) is 58.8 Å². The largest absolute Gasteiger partial charge is 0.487 e. The van der Waals surface area contributed by atoms with Gasteiger partial charge in [0.25, 0.3) is 0 Å². The summed E-state index contributed by atoms with van der Waals surface area (Å²) in [6.07, 6.45) is 5.33. The maximum Gasteiger partial charge on any atom is 0.335 e. The van der Waals surface area contributed by atoms with Crippen molar-refractivity contribution in [1.29, 1.82) is 0 Å². The predicted molar refractivity (Wildman–Crippen MR) is 163 cm³/mol. The molecule has 3 aromatic heterocycles. The number of rotatable bonds is 11. The Hall–Kier alpha value is -4.12. The van der Waals surface area contributed by atoms with Crippen molar-refractivity contribution in [1.82, 2.24) is 29.0 Å². The van der Waals surface area contributed by atoms with Crippen LogP contribution in [-0.2, 0) is 26.2 Å². The molecule has 2 aromatic carbocycles. The van der Waals surface area contributed by atoms with Crippen LogP contribution < -0.4 is 9.47 Å². The number of fused-ring (bicyclic) bond motifs is 1. The number of aromatic nitrogens is 5. The average molecular weight is 622 g/mol. The van der Waals surface area contributed by atoms with Crippen LogP contribution in [0.25, 0.3) is 11.0 Å². The summed E-state index contributed by atoms with van der Waals surface area (Å²) in [4.78, 5) is 27.6. The molecular formula is C31H30Cl2N6O4. The van der Waals surface area contributed by atoms with Crippen LogP contribution >= 0.6 is 23.2 Å². The zero-order valence-corrected chi connectivity index (χ0v) is 25.2. The minimum Gasteiger partial charge on any atom is -0.487 e. The number of aromatic carboxylic acids is 1. The highest BCUT2D eigenvalue weighted by atomic mass is 35.5. The number of carboxylic acid groups (broad SMARTS) is 1. The van der Waals surface area contributed by atoms with Crippen LogP contribution in [0.15, 0.2) is 67.3 Å². The number of nitrogens with zero attached hydrogens (tertiary/aromatic N) is 6. The van der Waals surface area contributed by atoms with E-state index < -0.39 is 5.97 Å². The van der Waals surface area contributed by atoms with Crippen molar-refractivity contribution in [3.05, 3.63) is 100 Å². The van der Waals surface area contributed by atoms with Gasteiger partial charge in [0, 0.05) is 42.6 Å². The molecule has 0 unspecified atom stereocenters. The number of halogens is 2. The van der Waals surface area contributed by atoms with E-state index in [9.17, 15) is 9.90 Å². The van der Waals surface area contributed by atoms with Crippen LogP contribution in [0.5, 0.6) is 11.5 Å². The number of imidazole rings is 2. The molecule has 10 nitrogen and oxygen atoms in total. The first-order chi connectivity index (χ1) is 20.8. The van der Waals surface area contributed by atoms with Crippen LogP contribution in [0.4, 0.5) is 0 Å². The Labute approximate surface area is 258 Å². The molecule has 1 N–H and O–H groups in total. The topological polar surface area (TPSA) is 108 Å². The minimum atomic E-state index is -0.967. The second kappa shape index (κ2) is 12.2. The maximum absolute atomic E-state index is 11.7. The van der Waals surface area contributed by atoms with E-state index in [1.165, 1.54) is 0 Å². The third kappa shape index (κ3) is 6.17. The van der Waals surface area contributed by atoms with Gasteiger partial charge >= 0.3 is 5.97 Å². The zero-order valence-electron chi connectivity index (χ0n) is 23.7. The number of aryl methyl sites for hydroxylation is 1. The average Bonchev–Trinajstić information content (AvgIpc) is 3.59. The number of likely N-dealkylation sites (tertiary alicyclic amines) is 1. The van der Waals surface area contributed by atoms with Crippen LogP contribution in [0.2, 0.25) is 10.0 Å². The normalized spacial score (nSPS) is 16.7. The fourth-order valence-corrected chi connectivity index (χ4v) is 5.69. The van der Waals surface area contributed by atoms with Crippen molar-refractivity contribution >= 4 is 40.2 Å². The fraction of sp³-hybridized carbons (Fsp3) is 0.290. The number of carboxylic acids is 1. The molecule has 0 saturated carbocycles. The summed E-state index contributed by atoms with van der Waals surface area (Å²) in [5.41, 5.74) is 3.51. The Bertz CT molecular complexity index is 1790. The zero-order chi connectivity index (χ0) is 30.1. The van der Waals surface area contributed by atoms with Crippen molar-refractivity contribution in [2.75, 3.05) is 6.54 Å². The van der Waals surface area contributed by atoms with E-state index in [1.807, 2.05) is 18.3 Å². The molecule has 43 heavy (non-hydrogen) atoms. The monoisotopic (exact) mass is 620 g/mol. The van der Waals surface area contributed by atoms with E-state index in [0.717, 1.165) is 29.1 Å². The first-order valence-corrected chi connectivity index (χ1v) is 14.7. The molecule has 1 aliphatic heterocycles. The Morgan fingerprint density at radius 3 is 2.74 bits per heavy atom. The predicted octanol–water partition coefficient (Wildman–Crippen LogP) is 5.93. The highest BCUT2D eigenvalue weighted by Gasteiger charge is 2.38. The third-order valence-corrected chi connectivity index (χ3v) is 8.28. The summed E-state index contributed by atoms with van der Waals surface area (Å²) in [5, 5.41) is 10.6. The number of carbonyl (C=O) groups is 1. The lowest BCUT2D eigenvalue weighted by molar-refractivity contribution is -0.0431. The Balaban J connectivity index is 1.14. The van der Waals surface area contributed by atoms with E-state index in [2.05, 4.69) is 37.8 Å². The standard InChI is InChI=1S/C31H30Cl2N6O4/c1-3-37-18-34-13-23(37)14-39-27-10-20(31(40)41)4-6-26(27)36-30(39)16-38-15-29(19(38)2)43-24-8-9-35-22(12-24)17-42-28-7-5-21(32)11-25(28)33/h4-13,18-19,29H,3,14-17H2,1-2H3,(H,40,41)/t19-,29+/m0/s1. The van der Waals surface area contributed by atoms with E-state index in [4.69, 9.17) is 37.7 Å². The molecule has 1 fully saturated rings. The van der Waals surface area contributed by atoms with Gasteiger partial charge in [-0.1, -0.05) is 23.2 Å². The number of hydrogen-bond acceptors (Lipinski definition) is 7. The maximum atomic E-state index is 11.7. The second-order valence-electron chi connectivity index (χ2n) is 10.5. The van der Waals surface area contributed by atoms with Crippen LogP contribution in [0, 0.1) is 0 Å². The molecular weight excluding hydrogens is 591 g/mol. The van der Waals surface area contributed by atoms with Gasteiger partial charge in [0.15, 0.2) is 0 Å². The molecule has 0 amide bonds. The van der Waals surface area contributed by atoms with Gasteiger partial charge < -0.3 is 23.7 Å². The first-order valence-electron chi connectivity index (χ1n) is 13.9. The molecule has 222 valence electrons. The van der Waals surface area contributed by atoms with Gasteiger partial charge in [-0.2, -0.15) is 0 Å². The summed E-state index contributed by atoms with van der Waals surface area (Å²) in [6.45, 7) is 7.06. The second-order valence-corrected chi connectivity index (χ2v) is 11.3. The quantitative estimate of drug-likeness (QED) is 0.193. The molecule has 6 rings (SSSR count). The van der Waals surface area contributed by atoms with E-state index in [-0.39, 0.29) is 24.3 Å². The molecule has 0 radical (unpaired) electrons. The van der Waals surface area contributed by atoms with Crippen molar-refractivity contribution < 1.29 is 19.4 Å². The molecule has 0 bridgehead atoms. The lowest BCUT2D eigenvalue weighted by Gasteiger charge is -2.45. The molecule has 1 aliphatic rings. The van der Waals surface area contributed by atoms with Crippen molar-refractivity contribution in [2.45, 2.75) is 52.2 Å². The molecule has 1 saturated heterocycles. The third-order valence-electron chi connectivity index (χ3n) is 7.75. The Morgan fingerprint density at radius 1 is 1.12 bits per heavy atom. The number of ether oxygens (including phenoxy) is 2. The molecule has 2 atom stereocenters. The molecule has 5 aromatic rings. The summed E-state index contributed by atoms with van der Waals surface area (Å²) in [6, 6.07) is 14.0. The molecule has 0 spiro atoms. The highest BCUT2D eigenvalue weighted by molar-refractivity contribution is 6.35. The Kier molecular flexibility index (Phi) is 8.25. The summed E-state index contributed by atoms with van der Waals surface area (Å²) in [5.74, 6) is 1.14. The SMILES string of the molecule is CCn1cncc1Cn1c(CN2C[C@@H](Oc3ccnc(COc4ccc(Cl)cc4Cl)c3)[C@@H]2C)nc2ccc(C(=O)O)cc21. The highest BCUT2D eigenvalue weighted by Crippen LogP contribution is 2.30. The van der Waals surface area contributed by atoms with E-state index >= 15 is 0 Å².